The number of benzene rings is 3. The minimum atomic E-state index is 0.377. The van der Waals surface area contributed by atoms with Crippen LogP contribution in [0.4, 0.5) is 0 Å². The minimum absolute atomic E-state index is 0.377. The smallest absolute Gasteiger partial charge is 0.175 e. The number of methoxy groups -OCH3 is 1. The summed E-state index contributed by atoms with van der Waals surface area (Å²) < 4.78 is 12.5. The molecule has 0 fully saturated rings. The van der Waals surface area contributed by atoms with Crippen molar-refractivity contribution < 1.29 is 14.8 Å². The number of ether oxygens (including phenoxy) is 2. The van der Waals surface area contributed by atoms with E-state index in [9.17, 15) is 0 Å². The zero-order chi connectivity index (χ0) is 19.9. The number of nitrogens with two attached hydrogens (primary N) is 1. The molecule has 0 aliphatic rings. The molecular formula is C23H24BrClNO2+. The SMILES string of the molecule is COc1cc(C[NH2+][C@@H](C)c2ccccc2)cc(Br)c1OCc1ccccc1Cl. The maximum atomic E-state index is 6.22. The molecular weight excluding hydrogens is 438 g/mol. The van der Waals surface area contributed by atoms with Gasteiger partial charge in [-0.15, -0.1) is 0 Å². The summed E-state index contributed by atoms with van der Waals surface area (Å²) in [4.78, 5) is 0. The Hall–Kier alpha value is -2.01. The molecule has 0 bridgehead atoms. The Morgan fingerprint density at radius 1 is 1.04 bits per heavy atom. The van der Waals surface area contributed by atoms with Crippen LogP contribution < -0.4 is 14.8 Å². The molecule has 2 N–H and O–H groups in total. The molecule has 0 heterocycles. The van der Waals surface area contributed by atoms with Gasteiger partial charge >= 0.3 is 0 Å². The molecule has 0 aromatic heterocycles. The highest BCUT2D eigenvalue weighted by atomic mass is 79.9. The van der Waals surface area contributed by atoms with Crippen LogP contribution in [-0.2, 0) is 13.2 Å². The Bertz CT molecular complexity index is 918. The molecule has 3 aromatic carbocycles. The van der Waals surface area contributed by atoms with Crippen molar-refractivity contribution in [3.63, 3.8) is 0 Å². The fourth-order valence-electron chi connectivity index (χ4n) is 3.00. The van der Waals surface area contributed by atoms with Crippen molar-refractivity contribution in [2.45, 2.75) is 26.1 Å². The van der Waals surface area contributed by atoms with Crippen molar-refractivity contribution >= 4 is 27.5 Å². The first kappa shape index (κ1) is 20.7. The van der Waals surface area contributed by atoms with Crippen LogP contribution in [0.25, 0.3) is 0 Å². The average molecular weight is 462 g/mol. The summed E-state index contributed by atoms with van der Waals surface area (Å²) in [5, 5.41) is 3.00. The quantitative estimate of drug-likeness (QED) is 0.480. The molecule has 0 amide bonds. The van der Waals surface area contributed by atoms with Gasteiger partial charge < -0.3 is 14.8 Å². The van der Waals surface area contributed by atoms with Gasteiger partial charge in [-0.25, -0.2) is 0 Å². The third kappa shape index (κ3) is 5.28. The molecule has 0 aliphatic carbocycles. The third-order valence-corrected chi connectivity index (χ3v) is 5.61. The fourth-order valence-corrected chi connectivity index (χ4v) is 3.80. The molecule has 146 valence electrons. The summed E-state index contributed by atoms with van der Waals surface area (Å²) in [5.74, 6) is 1.39. The van der Waals surface area contributed by atoms with E-state index in [0.29, 0.717) is 29.2 Å². The zero-order valence-corrected chi connectivity index (χ0v) is 18.3. The molecule has 0 spiro atoms. The van der Waals surface area contributed by atoms with Gasteiger partial charge in [0.2, 0.25) is 0 Å². The maximum absolute atomic E-state index is 6.22. The molecule has 3 aromatic rings. The summed E-state index contributed by atoms with van der Waals surface area (Å²) in [6.45, 7) is 3.43. The van der Waals surface area contributed by atoms with Crippen molar-refractivity contribution in [2.24, 2.45) is 0 Å². The first-order valence-corrected chi connectivity index (χ1v) is 10.4. The second-order valence-corrected chi connectivity index (χ2v) is 7.89. The second kappa shape index (κ2) is 9.97. The molecule has 0 saturated carbocycles. The average Bonchev–Trinajstić information content (AvgIpc) is 2.72. The van der Waals surface area contributed by atoms with Crippen molar-refractivity contribution in [1.82, 2.24) is 0 Å². The summed E-state index contributed by atoms with van der Waals surface area (Å²) in [5.41, 5.74) is 3.41. The fraction of sp³-hybridized carbons (Fsp3) is 0.217. The summed E-state index contributed by atoms with van der Waals surface area (Å²) in [6.07, 6.45) is 0. The van der Waals surface area contributed by atoms with E-state index < -0.39 is 0 Å². The van der Waals surface area contributed by atoms with E-state index in [0.717, 1.165) is 22.1 Å². The molecule has 1 atom stereocenters. The predicted octanol–water partition coefficient (Wildman–Crippen LogP) is 5.51. The lowest BCUT2D eigenvalue weighted by atomic mass is 10.1. The highest BCUT2D eigenvalue weighted by molar-refractivity contribution is 9.10. The summed E-state index contributed by atoms with van der Waals surface area (Å²) >= 11 is 9.85. The summed E-state index contributed by atoms with van der Waals surface area (Å²) in [7, 11) is 1.66. The van der Waals surface area contributed by atoms with E-state index in [2.05, 4.69) is 58.5 Å². The first-order valence-electron chi connectivity index (χ1n) is 9.19. The highest BCUT2D eigenvalue weighted by Gasteiger charge is 2.15. The lowest BCUT2D eigenvalue weighted by Gasteiger charge is -2.16. The van der Waals surface area contributed by atoms with Crippen LogP contribution >= 0.6 is 27.5 Å². The Morgan fingerprint density at radius 2 is 1.75 bits per heavy atom. The molecule has 0 aliphatic heterocycles. The zero-order valence-electron chi connectivity index (χ0n) is 16.0. The van der Waals surface area contributed by atoms with Crippen molar-refractivity contribution in [3.05, 3.63) is 92.9 Å². The number of hydrogen-bond donors (Lipinski definition) is 1. The normalized spacial score (nSPS) is 11.9. The van der Waals surface area contributed by atoms with Gasteiger partial charge in [-0.05, 0) is 41.1 Å². The van der Waals surface area contributed by atoms with E-state index >= 15 is 0 Å². The van der Waals surface area contributed by atoms with Gasteiger partial charge in [0, 0.05) is 21.7 Å². The number of halogens is 2. The van der Waals surface area contributed by atoms with E-state index in [1.54, 1.807) is 7.11 Å². The van der Waals surface area contributed by atoms with Crippen LogP contribution in [0.3, 0.4) is 0 Å². The molecule has 28 heavy (non-hydrogen) atoms. The third-order valence-electron chi connectivity index (χ3n) is 4.65. The van der Waals surface area contributed by atoms with Gasteiger partial charge in [-0.1, -0.05) is 60.1 Å². The molecule has 0 radical (unpaired) electrons. The van der Waals surface area contributed by atoms with Crippen molar-refractivity contribution in [3.8, 4) is 11.5 Å². The van der Waals surface area contributed by atoms with Crippen LogP contribution in [0.15, 0.2) is 71.2 Å². The van der Waals surface area contributed by atoms with Gasteiger partial charge in [0.05, 0.1) is 11.6 Å². The van der Waals surface area contributed by atoms with Gasteiger partial charge in [0.25, 0.3) is 0 Å². The van der Waals surface area contributed by atoms with Gasteiger partial charge in [-0.3, -0.25) is 0 Å². The van der Waals surface area contributed by atoms with Crippen molar-refractivity contribution in [1.29, 1.82) is 0 Å². The lowest BCUT2D eigenvalue weighted by molar-refractivity contribution is -0.707. The van der Waals surface area contributed by atoms with Crippen LogP contribution in [0.5, 0.6) is 11.5 Å². The van der Waals surface area contributed by atoms with Gasteiger partial charge in [0.15, 0.2) is 11.5 Å². The van der Waals surface area contributed by atoms with E-state index in [-0.39, 0.29) is 0 Å². The Kier molecular flexibility index (Phi) is 7.37. The lowest BCUT2D eigenvalue weighted by Crippen LogP contribution is -2.83. The Balaban J connectivity index is 1.69. The predicted molar refractivity (Wildman–Crippen MR) is 117 cm³/mol. The summed E-state index contributed by atoms with van der Waals surface area (Å²) in [6, 6.07) is 22.7. The molecule has 0 saturated heterocycles. The monoisotopic (exact) mass is 460 g/mol. The number of rotatable bonds is 8. The number of hydrogen-bond acceptors (Lipinski definition) is 2. The van der Waals surface area contributed by atoms with E-state index in [1.165, 1.54) is 5.56 Å². The Morgan fingerprint density at radius 3 is 2.46 bits per heavy atom. The molecule has 3 nitrogen and oxygen atoms in total. The van der Waals surface area contributed by atoms with Crippen LogP contribution in [0.1, 0.15) is 29.7 Å². The largest absolute Gasteiger partial charge is 0.493 e. The van der Waals surface area contributed by atoms with Crippen molar-refractivity contribution in [2.75, 3.05) is 7.11 Å². The minimum Gasteiger partial charge on any atom is -0.493 e. The van der Waals surface area contributed by atoms with E-state index in [4.69, 9.17) is 21.1 Å². The first-order chi connectivity index (χ1) is 13.6. The standard InChI is InChI=1S/C23H23BrClNO2/c1-16(18-8-4-3-5-9-18)26-14-17-12-20(24)23(22(13-17)27-2)28-15-19-10-6-7-11-21(19)25/h3-13,16,26H,14-15H2,1-2H3/p+1/t16-/m0/s1. The highest BCUT2D eigenvalue weighted by Crippen LogP contribution is 2.37. The topological polar surface area (TPSA) is 35.1 Å². The van der Waals surface area contributed by atoms with Crippen LogP contribution in [0, 0.1) is 0 Å². The molecule has 3 rings (SSSR count). The van der Waals surface area contributed by atoms with Gasteiger partial charge in [-0.2, -0.15) is 0 Å². The Labute approximate surface area is 179 Å². The molecule has 0 unspecified atom stereocenters. The maximum Gasteiger partial charge on any atom is 0.175 e. The van der Waals surface area contributed by atoms with Gasteiger partial charge in [0.1, 0.15) is 19.2 Å². The van der Waals surface area contributed by atoms with Crippen LogP contribution in [-0.4, -0.2) is 7.11 Å². The van der Waals surface area contributed by atoms with E-state index in [1.807, 2.05) is 36.4 Å². The second-order valence-electron chi connectivity index (χ2n) is 6.63. The molecule has 5 heteroatoms. The number of quaternary nitrogens is 1. The van der Waals surface area contributed by atoms with Crippen LogP contribution in [0.2, 0.25) is 5.02 Å².